The summed E-state index contributed by atoms with van der Waals surface area (Å²) >= 11 is 4.34. The highest BCUT2D eigenvalue weighted by atomic mass is 79.9. The van der Waals surface area contributed by atoms with Crippen LogP contribution in [-0.2, 0) is 11.2 Å². The van der Waals surface area contributed by atoms with Gasteiger partial charge in [0.2, 0.25) is 5.12 Å². The maximum atomic E-state index is 12.2. The highest BCUT2D eigenvalue weighted by Gasteiger charge is 2.42. The largest absolute Gasteiger partial charge is 0.497 e. The minimum Gasteiger partial charge on any atom is -0.497 e. The normalized spacial score (nSPS) is 18.0. The molecule has 0 atom stereocenters. The lowest BCUT2D eigenvalue weighted by Gasteiger charge is -2.11. The standard InChI is InChI=1S/C14H12BrN2O3S/c1-20-10-4-2-9(3-5-10)6-11-13-12(21-14(11)18)7-16(15)8-17(13)19/h2-5,7H,6,8H2,1H3/q+1. The number of rotatable bonds is 3. The number of methoxy groups -OCH3 is 1. The van der Waals surface area contributed by atoms with Gasteiger partial charge in [0, 0.05) is 17.5 Å². The second-order valence-electron chi connectivity index (χ2n) is 4.65. The van der Waals surface area contributed by atoms with Crippen molar-refractivity contribution in [3.8, 4) is 5.75 Å². The molecule has 2 aliphatic heterocycles. The van der Waals surface area contributed by atoms with Crippen LogP contribution in [-0.4, -0.2) is 27.6 Å². The summed E-state index contributed by atoms with van der Waals surface area (Å²) in [6, 6.07) is 7.50. The first-order valence-corrected chi connectivity index (χ1v) is 7.78. The van der Waals surface area contributed by atoms with Crippen molar-refractivity contribution >= 4 is 33.0 Å². The topological polar surface area (TPSA) is 49.6 Å². The van der Waals surface area contributed by atoms with Gasteiger partial charge >= 0.3 is 0 Å². The first-order valence-electron chi connectivity index (χ1n) is 6.26. The molecule has 0 amide bonds. The van der Waals surface area contributed by atoms with Gasteiger partial charge in [-0.1, -0.05) is 12.1 Å². The summed E-state index contributed by atoms with van der Waals surface area (Å²) in [6.45, 7) is 0.165. The van der Waals surface area contributed by atoms with Crippen molar-refractivity contribution in [2.75, 3.05) is 13.8 Å². The average molecular weight is 368 g/mol. The van der Waals surface area contributed by atoms with E-state index < -0.39 is 0 Å². The number of nitrogens with zero attached hydrogens (tertiary/aromatic N) is 2. The summed E-state index contributed by atoms with van der Waals surface area (Å²) in [7, 11) is 1.61. The van der Waals surface area contributed by atoms with Crippen LogP contribution in [0.2, 0.25) is 0 Å². The number of fused-ring (bicyclic) bond motifs is 1. The molecule has 1 aromatic carbocycles. The highest BCUT2D eigenvalue weighted by Crippen LogP contribution is 2.41. The molecule has 5 nitrogen and oxygen atoms in total. The van der Waals surface area contributed by atoms with E-state index >= 15 is 0 Å². The third kappa shape index (κ3) is 2.75. The summed E-state index contributed by atoms with van der Waals surface area (Å²) in [6.07, 6.45) is 2.22. The van der Waals surface area contributed by atoms with Crippen molar-refractivity contribution in [3.05, 3.63) is 57.1 Å². The van der Waals surface area contributed by atoms with Gasteiger partial charge in [0.1, 0.15) is 10.7 Å². The molecule has 108 valence electrons. The molecule has 0 bridgehead atoms. The van der Waals surface area contributed by atoms with Gasteiger partial charge in [0.25, 0.3) is 12.4 Å². The fourth-order valence-electron chi connectivity index (χ4n) is 2.28. The van der Waals surface area contributed by atoms with Gasteiger partial charge in [-0.3, -0.25) is 8.72 Å². The molecule has 0 aromatic heterocycles. The zero-order chi connectivity index (χ0) is 15.0. The Labute approximate surface area is 134 Å². The van der Waals surface area contributed by atoms with Crippen molar-refractivity contribution in [1.29, 1.82) is 0 Å². The lowest BCUT2D eigenvalue weighted by molar-refractivity contribution is -0.511. The third-order valence-electron chi connectivity index (χ3n) is 3.28. The van der Waals surface area contributed by atoms with Crippen LogP contribution in [0.5, 0.6) is 5.75 Å². The molecule has 0 unspecified atom stereocenters. The Morgan fingerprint density at radius 2 is 2.10 bits per heavy atom. The number of hydrogen-bond acceptors (Lipinski definition) is 5. The molecule has 0 N–H and O–H groups in total. The van der Waals surface area contributed by atoms with Gasteiger partial charge in [-0.2, -0.15) is 0 Å². The summed E-state index contributed by atoms with van der Waals surface area (Å²) in [5.41, 5.74) is 2.03. The Bertz CT molecular complexity index is 682. The molecule has 0 fully saturated rings. The number of ether oxygens (including phenoxy) is 1. The number of halogens is 1. The van der Waals surface area contributed by atoms with E-state index in [1.54, 1.807) is 17.2 Å². The van der Waals surface area contributed by atoms with Gasteiger partial charge < -0.3 is 4.74 Å². The van der Waals surface area contributed by atoms with Crippen LogP contribution in [0.1, 0.15) is 5.56 Å². The zero-order valence-corrected chi connectivity index (χ0v) is 13.6. The predicted octanol–water partition coefficient (Wildman–Crippen LogP) is 2.97. The Hall–Kier alpha value is -1.60. The lowest BCUT2D eigenvalue weighted by Crippen LogP contribution is -2.24. The van der Waals surface area contributed by atoms with E-state index in [-0.39, 0.29) is 11.8 Å². The number of benzene rings is 1. The van der Waals surface area contributed by atoms with Gasteiger partial charge in [-0.15, -0.1) is 0 Å². The second kappa shape index (κ2) is 5.65. The smallest absolute Gasteiger partial charge is 0.282 e. The second-order valence-corrected chi connectivity index (χ2v) is 6.58. The first-order chi connectivity index (χ1) is 10.1. The first kappa shape index (κ1) is 14.3. The molecule has 0 radical (unpaired) electrons. The average Bonchev–Trinajstić information content (AvgIpc) is 2.76. The summed E-state index contributed by atoms with van der Waals surface area (Å²) in [5.74, 6) is 0.766. The summed E-state index contributed by atoms with van der Waals surface area (Å²) in [4.78, 5) is 25.0. The van der Waals surface area contributed by atoms with E-state index in [1.165, 1.54) is 0 Å². The van der Waals surface area contributed by atoms with Crippen molar-refractivity contribution in [2.24, 2.45) is 0 Å². The fraction of sp³-hybridized carbons (Fsp3) is 0.214. The summed E-state index contributed by atoms with van der Waals surface area (Å²) in [5, 5.41) is -0.0595. The van der Waals surface area contributed by atoms with Crippen molar-refractivity contribution in [3.63, 3.8) is 0 Å². The van der Waals surface area contributed by atoms with E-state index in [4.69, 9.17) is 4.74 Å². The molecule has 2 aliphatic rings. The van der Waals surface area contributed by atoms with E-state index in [9.17, 15) is 9.70 Å². The van der Waals surface area contributed by atoms with E-state index in [2.05, 4.69) is 16.1 Å². The SMILES string of the molecule is COc1ccc(CC2=C3C(=CN(Br)C[N+]3=O)SC2=O)cc1. The van der Waals surface area contributed by atoms with E-state index in [0.717, 1.165) is 27.8 Å². The number of carbonyl (C=O) groups excluding carboxylic acids is 1. The molecular formula is C14H12BrN2O3S+. The van der Waals surface area contributed by atoms with Gasteiger partial charge in [-0.05, 0) is 29.5 Å². The van der Waals surface area contributed by atoms with E-state index in [0.29, 0.717) is 22.6 Å². The molecule has 0 spiro atoms. The Balaban J connectivity index is 1.94. The molecule has 0 saturated heterocycles. The van der Waals surface area contributed by atoms with Crippen LogP contribution >= 0.6 is 27.9 Å². The predicted molar refractivity (Wildman–Crippen MR) is 83.7 cm³/mol. The van der Waals surface area contributed by atoms with Crippen LogP contribution in [0.4, 0.5) is 0 Å². The number of nitroso groups, excluding NO2 is 1. The maximum absolute atomic E-state index is 12.2. The minimum absolute atomic E-state index is 0.0595. The molecule has 1 aromatic rings. The number of carbonyl (C=O) groups is 1. The quantitative estimate of drug-likeness (QED) is 0.607. The van der Waals surface area contributed by atoms with Crippen molar-refractivity contribution in [1.82, 2.24) is 3.93 Å². The molecule has 7 heteroatoms. The zero-order valence-electron chi connectivity index (χ0n) is 11.2. The molecule has 2 heterocycles. The number of thioether (sulfide) groups is 1. The van der Waals surface area contributed by atoms with Crippen LogP contribution in [0.25, 0.3) is 0 Å². The monoisotopic (exact) mass is 367 g/mol. The summed E-state index contributed by atoms with van der Waals surface area (Å²) < 4.78 is 7.55. The van der Waals surface area contributed by atoms with Crippen LogP contribution in [0, 0.1) is 4.91 Å². The molecule has 21 heavy (non-hydrogen) atoms. The van der Waals surface area contributed by atoms with Gasteiger partial charge in [0.15, 0.2) is 0 Å². The lowest BCUT2D eigenvalue weighted by atomic mass is 10.0. The fourth-order valence-corrected chi connectivity index (χ4v) is 3.82. The van der Waals surface area contributed by atoms with Crippen LogP contribution < -0.4 is 4.74 Å². The van der Waals surface area contributed by atoms with Gasteiger partial charge in [0.05, 0.1) is 33.6 Å². The minimum atomic E-state index is -0.0595. The molecule has 0 aliphatic carbocycles. The highest BCUT2D eigenvalue weighted by molar-refractivity contribution is 9.07. The molecule has 0 saturated carbocycles. The Morgan fingerprint density at radius 1 is 1.38 bits per heavy atom. The third-order valence-corrected chi connectivity index (χ3v) is 4.66. The van der Waals surface area contributed by atoms with E-state index in [1.807, 2.05) is 24.3 Å². The molecular weight excluding hydrogens is 356 g/mol. The Morgan fingerprint density at radius 3 is 2.76 bits per heavy atom. The number of hydrogen-bond donors (Lipinski definition) is 0. The Kier molecular flexibility index (Phi) is 3.86. The van der Waals surface area contributed by atoms with Crippen LogP contribution in [0.3, 0.4) is 0 Å². The maximum Gasteiger partial charge on any atom is 0.282 e. The van der Waals surface area contributed by atoms with Crippen molar-refractivity contribution in [2.45, 2.75) is 6.42 Å². The van der Waals surface area contributed by atoms with Crippen molar-refractivity contribution < 1.29 is 14.3 Å². The molecule has 3 rings (SSSR count). The van der Waals surface area contributed by atoms with Gasteiger partial charge in [-0.25, -0.2) is 0 Å². The van der Waals surface area contributed by atoms with Crippen LogP contribution in [0.15, 0.2) is 46.6 Å².